The second-order valence-electron chi connectivity index (χ2n) is 6.73. The summed E-state index contributed by atoms with van der Waals surface area (Å²) in [5, 5.41) is 8.04. The van der Waals surface area contributed by atoms with Gasteiger partial charge < -0.3 is 10.1 Å². The highest BCUT2D eigenvalue weighted by molar-refractivity contribution is 4.99. The van der Waals surface area contributed by atoms with Crippen LogP contribution in [0.15, 0.2) is 12.3 Å². The molecule has 4 nitrogen and oxygen atoms in total. The molecule has 1 unspecified atom stereocenters. The molecule has 2 fully saturated rings. The monoisotopic (exact) mass is 277 g/mol. The number of rotatable bonds is 5. The number of nitrogens with zero attached hydrogens (tertiary/aromatic N) is 2. The fraction of sp³-hybridized carbons (Fsp3) is 0.812. The summed E-state index contributed by atoms with van der Waals surface area (Å²) in [4.78, 5) is 0. The summed E-state index contributed by atoms with van der Waals surface area (Å²) in [5.41, 5.74) is 1.35. The van der Waals surface area contributed by atoms with Crippen molar-refractivity contribution in [1.82, 2.24) is 15.1 Å². The normalized spacial score (nSPS) is 25.1. The SMILES string of the molecule is CC(C)NCc1ccn(CC2CCC3(CCCC3)O2)n1. The van der Waals surface area contributed by atoms with Crippen molar-refractivity contribution in [3.8, 4) is 0 Å². The number of hydrogen-bond acceptors (Lipinski definition) is 3. The summed E-state index contributed by atoms with van der Waals surface area (Å²) in [7, 11) is 0. The zero-order valence-corrected chi connectivity index (χ0v) is 12.8. The fourth-order valence-corrected chi connectivity index (χ4v) is 3.53. The molecule has 1 atom stereocenters. The van der Waals surface area contributed by atoms with Crippen LogP contribution in [0.1, 0.15) is 58.1 Å². The molecule has 0 bridgehead atoms. The molecular weight excluding hydrogens is 250 g/mol. The summed E-state index contributed by atoms with van der Waals surface area (Å²) in [5.74, 6) is 0. The number of hydrogen-bond donors (Lipinski definition) is 1. The van der Waals surface area contributed by atoms with Crippen molar-refractivity contribution in [2.24, 2.45) is 0 Å². The van der Waals surface area contributed by atoms with Gasteiger partial charge in [0, 0.05) is 18.8 Å². The van der Waals surface area contributed by atoms with Gasteiger partial charge in [-0.05, 0) is 31.7 Å². The molecule has 0 amide bonds. The van der Waals surface area contributed by atoms with Gasteiger partial charge >= 0.3 is 0 Å². The molecule has 1 aliphatic carbocycles. The van der Waals surface area contributed by atoms with Gasteiger partial charge in [0.05, 0.1) is 23.9 Å². The van der Waals surface area contributed by atoms with Gasteiger partial charge in [-0.2, -0.15) is 5.10 Å². The van der Waals surface area contributed by atoms with Crippen LogP contribution in [-0.4, -0.2) is 27.5 Å². The van der Waals surface area contributed by atoms with Crippen LogP contribution < -0.4 is 5.32 Å². The average molecular weight is 277 g/mol. The molecule has 1 saturated carbocycles. The molecule has 2 aliphatic rings. The topological polar surface area (TPSA) is 39.1 Å². The van der Waals surface area contributed by atoms with Crippen LogP contribution in [0.2, 0.25) is 0 Å². The van der Waals surface area contributed by atoms with Crippen molar-refractivity contribution in [2.45, 2.75) is 83.2 Å². The Hall–Kier alpha value is -0.870. The Morgan fingerprint density at radius 2 is 2.20 bits per heavy atom. The first-order chi connectivity index (χ1) is 9.65. The predicted octanol–water partition coefficient (Wildman–Crippen LogP) is 2.87. The van der Waals surface area contributed by atoms with E-state index in [1.54, 1.807) is 0 Å². The molecule has 0 aromatic carbocycles. The van der Waals surface area contributed by atoms with Gasteiger partial charge in [0.25, 0.3) is 0 Å². The quantitative estimate of drug-likeness (QED) is 0.899. The lowest BCUT2D eigenvalue weighted by atomic mass is 9.98. The van der Waals surface area contributed by atoms with Crippen LogP contribution in [0.3, 0.4) is 0 Å². The largest absolute Gasteiger partial charge is 0.370 e. The van der Waals surface area contributed by atoms with E-state index in [-0.39, 0.29) is 5.60 Å². The zero-order chi connectivity index (χ0) is 14.0. The molecule has 1 spiro atoms. The highest BCUT2D eigenvalue weighted by Gasteiger charge is 2.42. The molecule has 1 aliphatic heterocycles. The molecule has 1 N–H and O–H groups in total. The van der Waals surface area contributed by atoms with Gasteiger partial charge in [-0.25, -0.2) is 0 Å². The van der Waals surface area contributed by atoms with Crippen molar-refractivity contribution in [3.05, 3.63) is 18.0 Å². The zero-order valence-electron chi connectivity index (χ0n) is 12.8. The van der Waals surface area contributed by atoms with Gasteiger partial charge in [-0.1, -0.05) is 26.7 Å². The van der Waals surface area contributed by atoms with Gasteiger partial charge in [-0.3, -0.25) is 4.68 Å². The summed E-state index contributed by atoms with van der Waals surface area (Å²) in [6.07, 6.45) is 10.1. The Bertz CT molecular complexity index is 435. The van der Waals surface area contributed by atoms with Gasteiger partial charge in [0.2, 0.25) is 0 Å². The molecule has 112 valence electrons. The van der Waals surface area contributed by atoms with Crippen molar-refractivity contribution < 1.29 is 4.74 Å². The van der Waals surface area contributed by atoms with Crippen LogP contribution >= 0.6 is 0 Å². The minimum Gasteiger partial charge on any atom is -0.370 e. The maximum absolute atomic E-state index is 6.34. The lowest BCUT2D eigenvalue weighted by Gasteiger charge is -2.23. The Morgan fingerprint density at radius 1 is 1.40 bits per heavy atom. The second kappa shape index (κ2) is 5.86. The van der Waals surface area contributed by atoms with Crippen LogP contribution in [0.5, 0.6) is 0 Å². The Labute approximate surface area is 121 Å². The summed E-state index contributed by atoms with van der Waals surface area (Å²) >= 11 is 0. The average Bonchev–Trinajstić information content (AvgIpc) is 3.12. The van der Waals surface area contributed by atoms with E-state index < -0.39 is 0 Å². The van der Waals surface area contributed by atoms with Gasteiger partial charge in [0.15, 0.2) is 0 Å². The number of ether oxygens (including phenoxy) is 1. The lowest BCUT2D eigenvalue weighted by molar-refractivity contribution is -0.0429. The van der Waals surface area contributed by atoms with Crippen LogP contribution in [0, 0.1) is 0 Å². The summed E-state index contributed by atoms with van der Waals surface area (Å²) < 4.78 is 8.40. The van der Waals surface area contributed by atoms with Crippen LogP contribution in [0.25, 0.3) is 0 Å². The van der Waals surface area contributed by atoms with Crippen LogP contribution in [0.4, 0.5) is 0 Å². The van der Waals surface area contributed by atoms with E-state index >= 15 is 0 Å². The second-order valence-corrected chi connectivity index (χ2v) is 6.73. The van der Waals surface area contributed by atoms with Crippen molar-refractivity contribution in [3.63, 3.8) is 0 Å². The van der Waals surface area contributed by atoms with E-state index in [9.17, 15) is 0 Å². The summed E-state index contributed by atoms with van der Waals surface area (Å²) in [6.45, 7) is 6.07. The molecule has 3 rings (SSSR count). The predicted molar refractivity (Wildman–Crippen MR) is 79.5 cm³/mol. The molecule has 20 heavy (non-hydrogen) atoms. The van der Waals surface area contributed by atoms with E-state index in [1.165, 1.54) is 38.5 Å². The molecule has 1 aromatic heterocycles. The smallest absolute Gasteiger partial charge is 0.0779 e. The Balaban J connectivity index is 1.51. The van der Waals surface area contributed by atoms with Crippen molar-refractivity contribution >= 4 is 0 Å². The first-order valence-electron chi connectivity index (χ1n) is 8.09. The first-order valence-corrected chi connectivity index (χ1v) is 8.09. The lowest BCUT2D eigenvalue weighted by Crippen LogP contribution is -2.27. The molecule has 1 saturated heterocycles. The van der Waals surface area contributed by atoms with Crippen LogP contribution in [-0.2, 0) is 17.8 Å². The standard InChI is InChI=1S/C16H27N3O/c1-13(2)17-11-14-6-10-19(18-14)12-15-5-9-16(20-15)7-3-4-8-16/h6,10,13,15,17H,3-5,7-9,11-12H2,1-2H3. The van der Waals surface area contributed by atoms with Gasteiger partial charge in [0.1, 0.15) is 0 Å². The first kappa shape index (κ1) is 14.1. The van der Waals surface area contributed by atoms with E-state index in [1.807, 2.05) is 0 Å². The third-order valence-electron chi connectivity index (χ3n) is 4.63. The third-order valence-corrected chi connectivity index (χ3v) is 4.63. The minimum absolute atomic E-state index is 0.236. The molecule has 1 aromatic rings. The maximum Gasteiger partial charge on any atom is 0.0779 e. The summed E-state index contributed by atoms with van der Waals surface area (Å²) in [6, 6.07) is 2.61. The number of nitrogens with one attached hydrogen (secondary N) is 1. The highest BCUT2D eigenvalue weighted by atomic mass is 16.5. The van der Waals surface area contributed by atoms with Crippen molar-refractivity contribution in [2.75, 3.05) is 0 Å². The maximum atomic E-state index is 6.34. The third kappa shape index (κ3) is 3.23. The molecule has 2 heterocycles. The number of aromatic nitrogens is 2. The van der Waals surface area contributed by atoms with E-state index in [0.29, 0.717) is 12.1 Å². The molecular formula is C16H27N3O. The molecule has 4 heteroatoms. The Morgan fingerprint density at radius 3 is 2.95 bits per heavy atom. The molecule has 0 radical (unpaired) electrons. The van der Waals surface area contributed by atoms with E-state index in [0.717, 1.165) is 18.8 Å². The van der Waals surface area contributed by atoms with E-state index in [2.05, 4.69) is 41.2 Å². The minimum atomic E-state index is 0.236. The van der Waals surface area contributed by atoms with Gasteiger partial charge in [-0.15, -0.1) is 0 Å². The van der Waals surface area contributed by atoms with E-state index in [4.69, 9.17) is 4.74 Å². The van der Waals surface area contributed by atoms with Crippen molar-refractivity contribution in [1.29, 1.82) is 0 Å². The fourth-order valence-electron chi connectivity index (χ4n) is 3.53. The highest BCUT2D eigenvalue weighted by Crippen LogP contribution is 2.43. The Kier molecular flexibility index (Phi) is 4.13.